The minimum absolute atomic E-state index is 0.0225. The van der Waals surface area contributed by atoms with Gasteiger partial charge >= 0.3 is 0 Å². The van der Waals surface area contributed by atoms with Gasteiger partial charge in [0.05, 0.1) is 6.04 Å². The Bertz CT molecular complexity index is 752. The number of carbonyl (C=O) groups is 1. The number of nitrogens with one attached hydrogen (secondary N) is 1. The lowest BCUT2D eigenvalue weighted by molar-refractivity contribution is -0.122. The smallest absolute Gasteiger partial charge is 0.231 e. The molecular weight excluding hydrogens is 306 g/mol. The van der Waals surface area contributed by atoms with Crippen molar-refractivity contribution in [2.75, 3.05) is 6.79 Å². The first-order valence-electron chi connectivity index (χ1n) is 8.36. The van der Waals surface area contributed by atoms with Crippen LogP contribution in [0.2, 0.25) is 0 Å². The maximum atomic E-state index is 12.4. The molecule has 2 aromatic rings. The Morgan fingerprint density at radius 3 is 2.96 bits per heavy atom. The van der Waals surface area contributed by atoms with Gasteiger partial charge in [-0.1, -0.05) is 6.07 Å². The van der Waals surface area contributed by atoms with Crippen molar-refractivity contribution in [3.05, 3.63) is 42.0 Å². The van der Waals surface area contributed by atoms with E-state index in [4.69, 9.17) is 9.47 Å². The average molecular weight is 327 g/mol. The number of benzene rings is 1. The predicted molar refractivity (Wildman–Crippen MR) is 87.7 cm³/mol. The maximum Gasteiger partial charge on any atom is 0.231 e. The van der Waals surface area contributed by atoms with Crippen LogP contribution in [0.4, 0.5) is 0 Å². The highest BCUT2D eigenvalue weighted by Gasteiger charge is 2.35. The first-order chi connectivity index (χ1) is 11.7. The summed E-state index contributed by atoms with van der Waals surface area (Å²) >= 11 is 0. The zero-order valence-corrected chi connectivity index (χ0v) is 13.7. The number of hydrogen-bond acceptors (Lipinski definition) is 4. The number of carbonyl (C=O) groups excluding carboxylic acids is 1. The number of rotatable bonds is 6. The standard InChI is InChI=1S/C18H21N3O3/c1-21-9-8-19-18(21)17(13-4-5-13)20-16(22)7-3-12-2-6-14-15(10-12)24-11-23-14/h2,6,8-10,13,17H,3-5,7,11H2,1H3,(H,20,22). The monoisotopic (exact) mass is 327 g/mol. The average Bonchev–Trinajstić information content (AvgIpc) is 3.16. The SMILES string of the molecule is Cn1ccnc1C(NC(=O)CCc1ccc2c(c1)OCO2)C1CC1. The fourth-order valence-corrected chi connectivity index (χ4v) is 3.10. The minimum atomic E-state index is 0.0225. The van der Waals surface area contributed by atoms with Crippen LogP contribution in [0.25, 0.3) is 0 Å². The summed E-state index contributed by atoms with van der Waals surface area (Å²) in [5.74, 6) is 3.05. The molecule has 2 aliphatic rings. The summed E-state index contributed by atoms with van der Waals surface area (Å²) in [6, 6.07) is 5.86. The summed E-state index contributed by atoms with van der Waals surface area (Å²) in [7, 11) is 1.97. The third-order valence-electron chi connectivity index (χ3n) is 4.62. The second kappa shape index (κ2) is 6.19. The van der Waals surface area contributed by atoms with Crippen molar-refractivity contribution in [3.8, 4) is 11.5 Å². The number of ether oxygens (including phenoxy) is 2. The molecule has 0 radical (unpaired) electrons. The lowest BCUT2D eigenvalue weighted by Crippen LogP contribution is -2.31. The zero-order valence-electron chi connectivity index (χ0n) is 13.7. The molecule has 0 saturated heterocycles. The van der Waals surface area contributed by atoms with Crippen molar-refractivity contribution < 1.29 is 14.3 Å². The van der Waals surface area contributed by atoms with Crippen LogP contribution in [0.5, 0.6) is 11.5 Å². The highest BCUT2D eigenvalue weighted by atomic mass is 16.7. The molecule has 1 aromatic heterocycles. The summed E-state index contributed by atoms with van der Waals surface area (Å²) in [5, 5.41) is 3.17. The fourth-order valence-electron chi connectivity index (χ4n) is 3.10. The van der Waals surface area contributed by atoms with Gasteiger partial charge in [-0.15, -0.1) is 0 Å². The van der Waals surface area contributed by atoms with Gasteiger partial charge in [0.1, 0.15) is 5.82 Å². The third kappa shape index (κ3) is 3.09. The molecule has 1 unspecified atom stereocenters. The Morgan fingerprint density at radius 1 is 1.38 bits per heavy atom. The van der Waals surface area contributed by atoms with E-state index < -0.39 is 0 Å². The first kappa shape index (κ1) is 15.1. The van der Waals surface area contributed by atoms with Crippen LogP contribution in [-0.4, -0.2) is 22.3 Å². The molecule has 6 heteroatoms. The molecule has 1 amide bonds. The molecule has 1 fully saturated rings. The van der Waals surface area contributed by atoms with Crippen LogP contribution in [0.1, 0.15) is 36.7 Å². The number of aromatic nitrogens is 2. The van der Waals surface area contributed by atoms with E-state index in [1.165, 1.54) is 0 Å². The third-order valence-corrected chi connectivity index (χ3v) is 4.62. The van der Waals surface area contributed by atoms with Crippen molar-refractivity contribution in [1.29, 1.82) is 0 Å². The summed E-state index contributed by atoms with van der Waals surface area (Å²) in [5.41, 5.74) is 1.08. The summed E-state index contributed by atoms with van der Waals surface area (Å²) < 4.78 is 12.7. The summed E-state index contributed by atoms with van der Waals surface area (Å²) in [6.07, 6.45) is 7.14. The quantitative estimate of drug-likeness (QED) is 0.884. The highest BCUT2D eigenvalue weighted by Crippen LogP contribution is 2.40. The Kier molecular flexibility index (Phi) is 3.88. The number of nitrogens with zero attached hydrogens (tertiary/aromatic N) is 2. The Hall–Kier alpha value is -2.50. The molecule has 1 aliphatic heterocycles. The van der Waals surface area contributed by atoms with Gasteiger partial charge in [-0.05, 0) is 42.9 Å². The second-order valence-corrected chi connectivity index (χ2v) is 6.47. The minimum Gasteiger partial charge on any atom is -0.454 e. The number of imidazole rings is 1. The van der Waals surface area contributed by atoms with E-state index >= 15 is 0 Å². The number of aryl methyl sites for hydroxylation is 2. The van der Waals surface area contributed by atoms with Gasteiger partial charge in [-0.25, -0.2) is 4.98 Å². The maximum absolute atomic E-state index is 12.4. The lowest BCUT2D eigenvalue weighted by Gasteiger charge is -2.18. The number of amides is 1. The molecule has 24 heavy (non-hydrogen) atoms. The van der Waals surface area contributed by atoms with Crippen LogP contribution in [0.3, 0.4) is 0 Å². The number of hydrogen-bond donors (Lipinski definition) is 1. The molecule has 1 N–H and O–H groups in total. The van der Waals surface area contributed by atoms with E-state index in [9.17, 15) is 4.79 Å². The Labute approximate surface area is 140 Å². The number of fused-ring (bicyclic) bond motifs is 1. The van der Waals surface area contributed by atoms with Gasteiger partial charge < -0.3 is 19.4 Å². The van der Waals surface area contributed by atoms with Crippen molar-refractivity contribution in [2.45, 2.75) is 31.7 Å². The molecule has 0 spiro atoms. The largest absolute Gasteiger partial charge is 0.454 e. The van der Waals surface area contributed by atoms with Crippen LogP contribution in [-0.2, 0) is 18.3 Å². The molecule has 6 nitrogen and oxygen atoms in total. The van der Waals surface area contributed by atoms with Crippen LogP contribution >= 0.6 is 0 Å². The first-order valence-corrected chi connectivity index (χ1v) is 8.36. The molecule has 1 atom stereocenters. The molecule has 4 rings (SSSR count). The second-order valence-electron chi connectivity index (χ2n) is 6.47. The molecule has 126 valence electrons. The Balaban J connectivity index is 1.36. The fraction of sp³-hybridized carbons (Fsp3) is 0.444. The Morgan fingerprint density at radius 2 is 2.21 bits per heavy atom. The molecule has 1 aromatic carbocycles. The molecule has 2 heterocycles. The molecule has 1 saturated carbocycles. The molecule has 0 bridgehead atoms. The van der Waals surface area contributed by atoms with Crippen molar-refractivity contribution in [1.82, 2.24) is 14.9 Å². The van der Waals surface area contributed by atoms with Gasteiger partial charge in [-0.3, -0.25) is 4.79 Å². The molecule has 1 aliphatic carbocycles. The van der Waals surface area contributed by atoms with E-state index in [-0.39, 0.29) is 18.7 Å². The van der Waals surface area contributed by atoms with E-state index in [0.717, 1.165) is 35.7 Å². The van der Waals surface area contributed by atoms with Crippen molar-refractivity contribution in [2.24, 2.45) is 13.0 Å². The van der Waals surface area contributed by atoms with E-state index in [1.54, 1.807) is 6.20 Å². The lowest BCUT2D eigenvalue weighted by atomic mass is 10.1. The zero-order chi connectivity index (χ0) is 16.5. The van der Waals surface area contributed by atoms with Gasteiger partial charge in [-0.2, -0.15) is 0 Å². The van der Waals surface area contributed by atoms with Crippen molar-refractivity contribution >= 4 is 5.91 Å². The van der Waals surface area contributed by atoms with Gasteiger partial charge in [0.25, 0.3) is 0 Å². The van der Waals surface area contributed by atoms with E-state index in [2.05, 4.69) is 10.3 Å². The predicted octanol–water partition coefficient (Wildman–Crippen LogP) is 2.35. The van der Waals surface area contributed by atoms with Crippen LogP contribution in [0, 0.1) is 5.92 Å². The topological polar surface area (TPSA) is 65.4 Å². The summed E-state index contributed by atoms with van der Waals surface area (Å²) in [6.45, 7) is 0.270. The van der Waals surface area contributed by atoms with Crippen molar-refractivity contribution in [3.63, 3.8) is 0 Å². The molecular formula is C18H21N3O3. The van der Waals surface area contributed by atoms with E-state index in [1.807, 2.05) is 36.0 Å². The normalized spacial score (nSPS) is 16.9. The van der Waals surface area contributed by atoms with Crippen LogP contribution < -0.4 is 14.8 Å². The summed E-state index contributed by atoms with van der Waals surface area (Å²) in [4.78, 5) is 16.8. The van der Waals surface area contributed by atoms with Gasteiger partial charge in [0.15, 0.2) is 11.5 Å². The van der Waals surface area contributed by atoms with E-state index in [0.29, 0.717) is 18.8 Å². The van der Waals surface area contributed by atoms with Gasteiger partial charge in [0.2, 0.25) is 12.7 Å². The van der Waals surface area contributed by atoms with Crippen LogP contribution in [0.15, 0.2) is 30.6 Å². The highest BCUT2D eigenvalue weighted by molar-refractivity contribution is 5.76. The van der Waals surface area contributed by atoms with Gasteiger partial charge in [0, 0.05) is 25.9 Å².